The van der Waals surface area contributed by atoms with Crippen LogP contribution in [0.2, 0.25) is 0 Å². The standard InChI is InChI=1S/C39H72O4/c40-38(41)36-34-32-30-28-26-24-22-20-18-16-14-12-10-8-6-4-2-1-3-5-7-9-11-13-15-17-19-21-23-25-27-29-31-33-35-37-39(42)43/h20-23H,1-19,24-37H2,(H,40,41)(H,42,43)/b22-20-,23-21-. The predicted octanol–water partition coefficient (Wildman–Crippen LogP) is 13.1. The van der Waals surface area contributed by atoms with Gasteiger partial charge in [0.2, 0.25) is 0 Å². The minimum absolute atomic E-state index is 0.325. The van der Waals surface area contributed by atoms with Gasteiger partial charge in [0.1, 0.15) is 0 Å². The van der Waals surface area contributed by atoms with Gasteiger partial charge in [-0.05, 0) is 64.2 Å². The van der Waals surface area contributed by atoms with Gasteiger partial charge in [-0.1, -0.05) is 159 Å². The Balaban J connectivity index is 3.13. The summed E-state index contributed by atoms with van der Waals surface area (Å²) < 4.78 is 0. The van der Waals surface area contributed by atoms with E-state index in [-0.39, 0.29) is 0 Å². The molecule has 0 rings (SSSR count). The number of hydrogen-bond acceptors (Lipinski definition) is 2. The van der Waals surface area contributed by atoms with Crippen LogP contribution >= 0.6 is 0 Å². The molecule has 0 aliphatic carbocycles. The Kier molecular flexibility index (Phi) is 35.3. The third-order valence-corrected chi connectivity index (χ3v) is 8.60. The zero-order chi connectivity index (χ0) is 31.3. The lowest BCUT2D eigenvalue weighted by molar-refractivity contribution is -0.138. The van der Waals surface area contributed by atoms with Crippen LogP contribution < -0.4 is 0 Å². The maximum atomic E-state index is 10.5. The number of carbonyl (C=O) groups is 2. The number of rotatable bonds is 36. The lowest BCUT2D eigenvalue weighted by Gasteiger charge is -2.03. The van der Waals surface area contributed by atoms with E-state index in [1.807, 2.05) is 0 Å². The summed E-state index contributed by atoms with van der Waals surface area (Å²) >= 11 is 0. The number of aliphatic carboxylic acids is 2. The Labute approximate surface area is 267 Å². The summed E-state index contributed by atoms with van der Waals surface area (Å²) in [7, 11) is 0. The number of hydrogen-bond donors (Lipinski definition) is 2. The second-order valence-electron chi connectivity index (χ2n) is 12.9. The molecule has 4 nitrogen and oxygen atoms in total. The normalized spacial score (nSPS) is 11.7. The highest BCUT2D eigenvalue weighted by atomic mass is 16.4. The molecule has 0 atom stereocenters. The Bertz CT molecular complexity index is 585. The molecule has 0 fully saturated rings. The quantitative estimate of drug-likeness (QED) is 0.0551. The largest absolute Gasteiger partial charge is 0.481 e. The highest BCUT2D eigenvalue weighted by Crippen LogP contribution is 2.15. The minimum atomic E-state index is -0.665. The molecule has 0 unspecified atom stereocenters. The monoisotopic (exact) mass is 605 g/mol. The molecule has 0 saturated heterocycles. The molecule has 43 heavy (non-hydrogen) atoms. The van der Waals surface area contributed by atoms with Crippen LogP contribution in [0, 0.1) is 0 Å². The first-order chi connectivity index (χ1) is 21.1. The topological polar surface area (TPSA) is 74.6 Å². The summed E-state index contributed by atoms with van der Waals surface area (Å²) in [6, 6.07) is 0. The Morgan fingerprint density at radius 1 is 0.279 bits per heavy atom. The van der Waals surface area contributed by atoms with Gasteiger partial charge in [0.25, 0.3) is 0 Å². The summed E-state index contributed by atoms with van der Waals surface area (Å²) in [6.07, 6.45) is 50.0. The zero-order valence-corrected chi connectivity index (χ0v) is 28.4. The van der Waals surface area contributed by atoms with E-state index in [0.29, 0.717) is 12.8 Å². The van der Waals surface area contributed by atoms with E-state index >= 15 is 0 Å². The van der Waals surface area contributed by atoms with Crippen LogP contribution in [-0.2, 0) is 9.59 Å². The summed E-state index contributed by atoms with van der Waals surface area (Å²) in [6.45, 7) is 0. The van der Waals surface area contributed by atoms with Gasteiger partial charge in [0.05, 0.1) is 0 Å². The molecule has 0 radical (unpaired) electrons. The lowest BCUT2D eigenvalue weighted by Crippen LogP contribution is -1.93. The van der Waals surface area contributed by atoms with E-state index in [4.69, 9.17) is 10.2 Å². The number of unbranched alkanes of at least 4 members (excludes halogenated alkanes) is 28. The maximum absolute atomic E-state index is 10.5. The molecule has 0 aliphatic heterocycles. The van der Waals surface area contributed by atoms with Crippen LogP contribution in [0.5, 0.6) is 0 Å². The second-order valence-corrected chi connectivity index (χ2v) is 12.9. The van der Waals surface area contributed by atoms with Crippen molar-refractivity contribution in [2.24, 2.45) is 0 Å². The average Bonchev–Trinajstić information content (AvgIpc) is 2.98. The van der Waals surface area contributed by atoms with Crippen molar-refractivity contribution in [2.75, 3.05) is 0 Å². The van der Waals surface area contributed by atoms with E-state index in [0.717, 1.165) is 25.7 Å². The fourth-order valence-corrected chi connectivity index (χ4v) is 5.78. The molecule has 252 valence electrons. The van der Waals surface area contributed by atoms with Crippen LogP contribution in [0.25, 0.3) is 0 Å². The molecule has 0 aliphatic rings. The van der Waals surface area contributed by atoms with Crippen molar-refractivity contribution in [3.8, 4) is 0 Å². The van der Waals surface area contributed by atoms with Crippen molar-refractivity contribution < 1.29 is 19.8 Å². The first-order valence-corrected chi connectivity index (χ1v) is 18.9. The van der Waals surface area contributed by atoms with Gasteiger partial charge in [0, 0.05) is 12.8 Å². The smallest absolute Gasteiger partial charge is 0.303 e. The molecular weight excluding hydrogens is 532 g/mol. The number of allylic oxidation sites excluding steroid dienone is 4. The first kappa shape index (κ1) is 41.4. The molecule has 0 saturated carbocycles. The van der Waals surface area contributed by atoms with E-state index in [1.165, 1.54) is 173 Å². The van der Waals surface area contributed by atoms with Gasteiger partial charge in [-0.3, -0.25) is 9.59 Å². The minimum Gasteiger partial charge on any atom is -0.481 e. The highest BCUT2D eigenvalue weighted by Gasteiger charge is 1.98. The van der Waals surface area contributed by atoms with Gasteiger partial charge in [-0.25, -0.2) is 0 Å². The van der Waals surface area contributed by atoms with Crippen molar-refractivity contribution in [2.45, 2.75) is 212 Å². The average molecular weight is 605 g/mol. The third-order valence-electron chi connectivity index (χ3n) is 8.60. The molecule has 0 aromatic heterocycles. The Morgan fingerprint density at radius 2 is 0.442 bits per heavy atom. The third kappa shape index (κ3) is 40.4. The molecule has 0 heterocycles. The fourth-order valence-electron chi connectivity index (χ4n) is 5.78. The van der Waals surface area contributed by atoms with E-state index < -0.39 is 11.9 Å². The second kappa shape index (κ2) is 36.6. The van der Waals surface area contributed by atoms with E-state index in [9.17, 15) is 9.59 Å². The van der Waals surface area contributed by atoms with Crippen molar-refractivity contribution in [1.29, 1.82) is 0 Å². The molecule has 0 amide bonds. The molecule has 0 aromatic carbocycles. The van der Waals surface area contributed by atoms with Gasteiger partial charge < -0.3 is 10.2 Å². The van der Waals surface area contributed by atoms with E-state index in [2.05, 4.69) is 24.3 Å². The van der Waals surface area contributed by atoms with Crippen molar-refractivity contribution in [3.05, 3.63) is 24.3 Å². The van der Waals surface area contributed by atoms with Gasteiger partial charge >= 0.3 is 11.9 Å². The van der Waals surface area contributed by atoms with Crippen LogP contribution in [0.3, 0.4) is 0 Å². The predicted molar refractivity (Wildman–Crippen MR) is 186 cm³/mol. The summed E-state index contributed by atoms with van der Waals surface area (Å²) in [4.78, 5) is 20.9. The summed E-state index contributed by atoms with van der Waals surface area (Å²) in [5.41, 5.74) is 0. The Hall–Kier alpha value is -1.58. The number of carboxylic acid groups (broad SMARTS) is 2. The summed E-state index contributed by atoms with van der Waals surface area (Å²) in [5, 5.41) is 17.3. The van der Waals surface area contributed by atoms with Crippen molar-refractivity contribution in [3.63, 3.8) is 0 Å². The summed E-state index contributed by atoms with van der Waals surface area (Å²) in [5.74, 6) is -1.33. The van der Waals surface area contributed by atoms with Crippen LogP contribution in [0.15, 0.2) is 24.3 Å². The molecule has 0 aromatic rings. The molecule has 4 heteroatoms. The van der Waals surface area contributed by atoms with Crippen LogP contribution in [0.4, 0.5) is 0 Å². The fraction of sp³-hybridized carbons (Fsp3) is 0.846. The first-order valence-electron chi connectivity index (χ1n) is 18.9. The Morgan fingerprint density at radius 3 is 0.628 bits per heavy atom. The molecule has 2 N–H and O–H groups in total. The number of carboxylic acids is 2. The van der Waals surface area contributed by atoms with Crippen LogP contribution in [-0.4, -0.2) is 22.2 Å². The van der Waals surface area contributed by atoms with Crippen LogP contribution in [0.1, 0.15) is 212 Å². The van der Waals surface area contributed by atoms with Gasteiger partial charge in [-0.15, -0.1) is 0 Å². The van der Waals surface area contributed by atoms with Crippen molar-refractivity contribution in [1.82, 2.24) is 0 Å². The molecular formula is C39H72O4. The van der Waals surface area contributed by atoms with Crippen molar-refractivity contribution >= 4 is 11.9 Å². The van der Waals surface area contributed by atoms with E-state index in [1.54, 1.807) is 0 Å². The molecule has 0 bridgehead atoms. The molecule has 0 spiro atoms. The highest BCUT2D eigenvalue weighted by molar-refractivity contribution is 5.66. The lowest BCUT2D eigenvalue weighted by atomic mass is 10.0. The van der Waals surface area contributed by atoms with Gasteiger partial charge in [-0.2, -0.15) is 0 Å². The maximum Gasteiger partial charge on any atom is 0.303 e. The SMILES string of the molecule is O=C(O)CCCCCCC/C=C\CCCCCCCCCCCCCCCCCCC/C=C\CCCCCCCC(=O)O. The zero-order valence-electron chi connectivity index (χ0n) is 28.4. The van der Waals surface area contributed by atoms with Gasteiger partial charge in [0.15, 0.2) is 0 Å².